The summed E-state index contributed by atoms with van der Waals surface area (Å²) < 4.78 is 2.40. The first-order valence-corrected chi connectivity index (χ1v) is 10.9. The van der Waals surface area contributed by atoms with E-state index in [0.29, 0.717) is 34.4 Å². The number of hydrogen-bond donors (Lipinski definition) is 0. The molecule has 5 nitrogen and oxygen atoms in total. The van der Waals surface area contributed by atoms with Gasteiger partial charge in [-0.3, -0.25) is 14.2 Å². The van der Waals surface area contributed by atoms with Gasteiger partial charge in [-0.05, 0) is 35.4 Å². The Hall–Kier alpha value is -2.12. The fourth-order valence-electron chi connectivity index (χ4n) is 3.36. The van der Waals surface area contributed by atoms with Gasteiger partial charge >= 0.3 is 0 Å². The SMILES string of the molecule is CC(C)Cn1c(SCC(=O)N2CCc3ccccc32)nc2ccsc2c1=O. The Labute approximate surface area is 166 Å². The Bertz CT molecular complexity index is 1050. The molecule has 0 radical (unpaired) electrons. The normalized spacial score (nSPS) is 13.5. The number of carbonyl (C=O) groups is 1. The van der Waals surface area contributed by atoms with Crippen LogP contribution in [0, 0.1) is 5.92 Å². The number of aromatic nitrogens is 2. The van der Waals surface area contributed by atoms with E-state index < -0.39 is 0 Å². The fraction of sp³-hybridized carbons (Fsp3) is 0.350. The Morgan fingerprint density at radius 1 is 1.30 bits per heavy atom. The van der Waals surface area contributed by atoms with Crippen LogP contribution in [0.25, 0.3) is 10.2 Å². The third-order valence-corrected chi connectivity index (χ3v) is 6.44. The van der Waals surface area contributed by atoms with Crippen LogP contribution < -0.4 is 10.5 Å². The van der Waals surface area contributed by atoms with Crippen molar-refractivity contribution in [3.05, 3.63) is 51.6 Å². The van der Waals surface area contributed by atoms with Gasteiger partial charge in [0.15, 0.2) is 5.16 Å². The molecule has 27 heavy (non-hydrogen) atoms. The van der Waals surface area contributed by atoms with E-state index in [4.69, 9.17) is 0 Å². The van der Waals surface area contributed by atoms with Crippen LogP contribution in [0.5, 0.6) is 0 Å². The average Bonchev–Trinajstić information content (AvgIpc) is 3.29. The number of benzene rings is 1. The number of anilines is 1. The molecule has 0 bridgehead atoms. The molecule has 1 aromatic carbocycles. The molecule has 0 saturated heterocycles. The van der Waals surface area contributed by atoms with Crippen molar-refractivity contribution in [1.82, 2.24) is 9.55 Å². The maximum Gasteiger partial charge on any atom is 0.272 e. The quantitative estimate of drug-likeness (QED) is 0.484. The topological polar surface area (TPSA) is 55.2 Å². The molecule has 0 spiro atoms. The van der Waals surface area contributed by atoms with Gasteiger partial charge in [0.05, 0.1) is 11.3 Å². The van der Waals surface area contributed by atoms with Gasteiger partial charge in [-0.25, -0.2) is 4.98 Å². The second-order valence-corrected chi connectivity index (χ2v) is 8.91. The Morgan fingerprint density at radius 2 is 2.11 bits per heavy atom. The van der Waals surface area contributed by atoms with Crippen LogP contribution in [-0.4, -0.2) is 27.8 Å². The van der Waals surface area contributed by atoms with Gasteiger partial charge in [0.2, 0.25) is 5.91 Å². The van der Waals surface area contributed by atoms with Crippen LogP contribution >= 0.6 is 23.1 Å². The minimum atomic E-state index is -0.00910. The summed E-state index contributed by atoms with van der Waals surface area (Å²) in [6.45, 7) is 5.47. The van der Waals surface area contributed by atoms with Gasteiger partial charge < -0.3 is 4.90 Å². The molecule has 0 unspecified atom stereocenters. The minimum absolute atomic E-state index is 0.00910. The van der Waals surface area contributed by atoms with Crippen molar-refractivity contribution >= 4 is 44.9 Å². The monoisotopic (exact) mass is 399 g/mol. The van der Waals surface area contributed by atoms with E-state index in [0.717, 1.165) is 12.1 Å². The minimum Gasteiger partial charge on any atom is -0.311 e. The van der Waals surface area contributed by atoms with E-state index in [1.807, 2.05) is 34.5 Å². The highest BCUT2D eigenvalue weighted by molar-refractivity contribution is 7.99. The van der Waals surface area contributed by atoms with E-state index in [9.17, 15) is 9.59 Å². The van der Waals surface area contributed by atoms with Crippen LogP contribution in [0.3, 0.4) is 0 Å². The number of thioether (sulfide) groups is 1. The zero-order valence-corrected chi connectivity index (χ0v) is 17.0. The molecule has 2 aromatic heterocycles. The number of carbonyl (C=O) groups excluding carboxylic acids is 1. The summed E-state index contributed by atoms with van der Waals surface area (Å²) in [7, 11) is 0. The number of nitrogens with zero attached hydrogens (tertiary/aromatic N) is 3. The molecule has 0 aliphatic carbocycles. The Morgan fingerprint density at radius 3 is 2.93 bits per heavy atom. The lowest BCUT2D eigenvalue weighted by Crippen LogP contribution is -2.31. The highest BCUT2D eigenvalue weighted by atomic mass is 32.2. The number of thiophene rings is 1. The Balaban J connectivity index is 1.58. The molecule has 0 N–H and O–H groups in total. The smallest absolute Gasteiger partial charge is 0.272 e. The van der Waals surface area contributed by atoms with Crippen molar-refractivity contribution in [3.63, 3.8) is 0 Å². The first kappa shape index (κ1) is 18.3. The number of para-hydroxylation sites is 1. The van der Waals surface area contributed by atoms with E-state index in [1.165, 1.54) is 28.7 Å². The lowest BCUT2D eigenvalue weighted by atomic mass is 10.2. The molecule has 1 amide bonds. The third kappa shape index (κ3) is 3.53. The summed E-state index contributed by atoms with van der Waals surface area (Å²) in [6.07, 6.45) is 0.893. The second kappa shape index (κ2) is 7.48. The van der Waals surface area contributed by atoms with Crippen LogP contribution in [0.15, 0.2) is 45.7 Å². The van der Waals surface area contributed by atoms with E-state index in [-0.39, 0.29) is 17.2 Å². The lowest BCUT2D eigenvalue weighted by Gasteiger charge is -2.18. The summed E-state index contributed by atoms with van der Waals surface area (Å²) in [5, 5.41) is 2.51. The zero-order chi connectivity index (χ0) is 19.0. The predicted molar refractivity (Wildman–Crippen MR) is 112 cm³/mol. The molecule has 4 rings (SSSR count). The zero-order valence-electron chi connectivity index (χ0n) is 15.3. The van der Waals surface area contributed by atoms with Crippen molar-refractivity contribution in [2.75, 3.05) is 17.2 Å². The van der Waals surface area contributed by atoms with Crippen LogP contribution in [0.1, 0.15) is 19.4 Å². The van der Waals surface area contributed by atoms with Crippen molar-refractivity contribution in [2.24, 2.45) is 5.92 Å². The maximum absolute atomic E-state index is 12.8. The molecule has 0 fully saturated rings. The van der Waals surface area contributed by atoms with Crippen LogP contribution in [-0.2, 0) is 17.8 Å². The molecule has 1 aliphatic rings. The van der Waals surface area contributed by atoms with Crippen LogP contribution in [0.4, 0.5) is 5.69 Å². The molecular formula is C20H21N3O2S2. The molecule has 1 aliphatic heterocycles. The molecule has 0 saturated carbocycles. The van der Waals surface area contributed by atoms with Crippen molar-refractivity contribution in [2.45, 2.75) is 32.0 Å². The summed E-state index contributed by atoms with van der Waals surface area (Å²) in [4.78, 5) is 32.1. The second-order valence-electron chi connectivity index (χ2n) is 7.05. The number of rotatable bonds is 5. The van der Waals surface area contributed by atoms with Gasteiger partial charge in [-0.1, -0.05) is 43.8 Å². The fourth-order valence-corrected chi connectivity index (χ4v) is 5.02. The highest BCUT2D eigenvalue weighted by Gasteiger charge is 2.24. The van der Waals surface area contributed by atoms with E-state index in [1.54, 1.807) is 4.57 Å². The first-order valence-electron chi connectivity index (χ1n) is 9.03. The van der Waals surface area contributed by atoms with Gasteiger partial charge in [-0.2, -0.15) is 0 Å². The summed E-state index contributed by atoms with van der Waals surface area (Å²) in [5.74, 6) is 0.650. The molecule has 140 valence electrons. The molecule has 0 atom stereocenters. The third-order valence-electron chi connectivity index (χ3n) is 4.59. The standard InChI is InChI=1S/C20H21N3O2S2/c1-13(2)11-23-19(25)18-15(8-10-26-18)21-20(23)27-12-17(24)22-9-7-14-5-3-4-6-16(14)22/h3-6,8,10,13H,7,9,11-12H2,1-2H3. The Kier molecular flexibility index (Phi) is 5.06. The first-order chi connectivity index (χ1) is 13.0. The highest BCUT2D eigenvalue weighted by Crippen LogP contribution is 2.29. The molecule has 7 heteroatoms. The van der Waals surface area contributed by atoms with Crippen LogP contribution in [0.2, 0.25) is 0 Å². The van der Waals surface area contributed by atoms with Crippen molar-refractivity contribution < 1.29 is 4.79 Å². The lowest BCUT2D eigenvalue weighted by molar-refractivity contribution is -0.116. The summed E-state index contributed by atoms with van der Waals surface area (Å²) >= 11 is 2.78. The number of amides is 1. The molecule has 3 heterocycles. The van der Waals surface area contributed by atoms with E-state index in [2.05, 4.69) is 24.9 Å². The van der Waals surface area contributed by atoms with Gasteiger partial charge in [0.1, 0.15) is 4.70 Å². The number of hydrogen-bond acceptors (Lipinski definition) is 5. The molecular weight excluding hydrogens is 378 g/mol. The summed E-state index contributed by atoms with van der Waals surface area (Å²) in [6, 6.07) is 9.90. The van der Waals surface area contributed by atoms with Crippen molar-refractivity contribution in [1.29, 1.82) is 0 Å². The largest absolute Gasteiger partial charge is 0.311 e. The van der Waals surface area contributed by atoms with Gasteiger partial charge in [0, 0.05) is 18.8 Å². The summed E-state index contributed by atoms with van der Waals surface area (Å²) in [5.41, 5.74) is 2.92. The predicted octanol–water partition coefficient (Wildman–Crippen LogP) is 3.80. The number of fused-ring (bicyclic) bond motifs is 2. The van der Waals surface area contributed by atoms with Gasteiger partial charge in [-0.15, -0.1) is 11.3 Å². The average molecular weight is 400 g/mol. The van der Waals surface area contributed by atoms with E-state index >= 15 is 0 Å². The molecule has 3 aromatic rings. The van der Waals surface area contributed by atoms with Gasteiger partial charge in [0.25, 0.3) is 5.56 Å². The maximum atomic E-state index is 12.8. The van der Waals surface area contributed by atoms with Crippen molar-refractivity contribution in [3.8, 4) is 0 Å².